The van der Waals surface area contributed by atoms with E-state index in [4.69, 9.17) is 0 Å². The van der Waals surface area contributed by atoms with E-state index < -0.39 is 0 Å². The van der Waals surface area contributed by atoms with Crippen LogP contribution in [0.3, 0.4) is 0 Å². The van der Waals surface area contributed by atoms with Crippen LogP contribution in [-0.4, -0.2) is 31.3 Å². The van der Waals surface area contributed by atoms with Crippen molar-refractivity contribution >= 4 is 11.5 Å². The normalized spacial score (nSPS) is 14.6. The molecule has 0 amide bonds. The zero-order valence-corrected chi connectivity index (χ0v) is 10.3. The van der Waals surface area contributed by atoms with Gasteiger partial charge in [0.25, 0.3) is 0 Å². The molecule has 0 radical (unpaired) electrons. The molecule has 4 rings (SSSR count). The molecular formula is C13H12N6. The highest BCUT2D eigenvalue weighted by Crippen LogP contribution is 2.21. The quantitative estimate of drug-likeness (QED) is 0.648. The minimum absolute atomic E-state index is 0.767. The molecule has 94 valence electrons. The van der Waals surface area contributed by atoms with Gasteiger partial charge >= 0.3 is 0 Å². The predicted molar refractivity (Wildman–Crippen MR) is 69.8 cm³/mol. The van der Waals surface area contributed by atoms with Crippen molar-refractivity contribution in [2.45, 2.75) is 13.0 Å². The Morgan fingerprint density at radius 1 is 1.16 bits per heavy atom. The summed E-state index contributed by atoms with van der Waals surface area (Å²) in [5.74, 6) is 0.946. The maximum absolute atomic E-state index is 4.53. The molecule has 0 spiro atoms. The third kappa shape index (κ3) is 1.72. The van der Waals surface area contributed by atoms with Crippen LogP contribution in [0.5, 0.6) is 0 Å². The lowest BCUT2D eigenvalue weighted by molar-refractivity contribution is 0.692. The smallest absolute Gasteiger partial charge is 0.177 e. The Balaban J connectivity index is 1.70. The van der Waals surface area contributed by atoms with Gasteiger partial charge in [0.05, 0.1) is 0 Å². The van der Waals surface area contributed by atoms with Crippen molar-refractivity contribution in [1.29, 1.82) is 0 Å². The highest BCUT2D eigenvalue weighted by molar-refractivity contribution is 5.47. The zero-order chi connectivity index (χ0) is 12.7. The summed E-state index contributed by atoms with van der Waals surface area (Å²) in [5.41, 5.74) is 3.24. The van der Waals surface area contributed by atoms with E-state index in [1.165, 1.54) is 11.3 Å². The Morgan fingerprint density at radius 3 is 3.16 bits per heavy atom. The first-order valence-electron chi connectivity index (χ1n) is 6.25. The third-order valence-corrected chi connectivity index (χ3v) is 3.44. The van der Waals surface area contributed by atoms with Crippen LogP contribution in [0.2, 0.25) is 0 Å². The predicted octanol–water partition coefficient (Wildman–Crippen LogP) is 1.08. The molecule has 3 aromatic heterocycles. The van der Waals surface area contributed by atoms with E-state index in [2.05, 4.69) is 31.2 Å². The van der Waals surface area contributed by atoms with Crippen molar-refractivity contribution in [3.05, 3.63) is 48.0 Å². The Kier molecular flexibility index (Phi) is 2.20. The van der Waals surface area contributed by atoms with Crippen LogP contribution >= 0.6 is 0 Å². The summed E-state index contributed by atoms with van der Waals surface area (Å²) in [7, 11) is 0. The van der Waals surface area contributed by atoms with Crippen molar-refractivity contribution in [2.75, 3.05) is 11.4 Å². The molecule has 4 heterocycles. The van der Waals surface area contributed by atoms with E-state index in [-0.39, 0.29) is 0 Å². The number of fused-ring (bicyclic) bond motifs is 2. The van der Waals surface area contributed by atoms with Gasteiger partial charge in [0, 0.05) is 31.4 Å². The van der Waals surface area contributed by atoms with Gasteiger partial charge in [-0.1, -0.05) is 6.07 Å². The maximum Gasteiger partial charge on any atom is 0.177 e. The van der Waals surface area contributed by atoms with E-state index in [1.54, 1.807) is 10.8 Å². The van der Waals surface area contributed by atoms with Crippen LogP contribution in [0.1, 0.15) is 11.3 Å². The maximum atomic E-state index is 4.53. The molecule has 0 bridgehead atoms. The van der Waals surface area contributed by atoms with Crippen LogP contribution in [0.4, 0.5) is 5.82 Å². The van der Waals surface area contributed by atoms with Gasteiger partial charge in [0.15, 0.2) is 5.65 Å². The minimum Gasteiger partial charge on any atom is -0.350 e. The zero-order valence-electron chi connectivity index (χ0n) is 10.3. The van der Waals surface area contributed by atoms with E-state index in [0.717, 1.165) is 31.0 Å². The number of nitrogens with zero attached hydrogens (tertiary/aromatic N) is 6. The SMILES string of the molecule is c1cnc2c(c1)CN(c1ccc3nncn3n1)CC2. The van der Waals surface area contributed by atoms with Crippen LogP contribution in [0, 0.1) is 0 Å². The summed E-state index contributed by atoms with van der Waals surface area (Å²) in [4.78, 5) is 6.67. The fourth-order valence-corrected chi connectivity index (χ4v) is 2.45. The average Bonchev–Trinajstić information content (AvgIpc) is 2.94. The highest BCUT2D eigenvalue weighted by atomic mass is 15.4. The lowest BCUT2D eigenvalue weighted by Gasteiger charge is -2.28. The Labute approximate surface area is 109 Å². The molecule has 0 saturated heterocycles. The Hall–Kier alpha value is -2.50. The summed E-state index contributed by atoms with van der Waals surface area (Å²) >= 11 is 0. The molecule has 0 aromatic carbocycles. The molecule has 6 heteroatoms. The fraction of sp³-hybridized carbons (Fsp3) is 0.231. The van der Waals surface area contributed by atoms with Gasteiger partial charge < -0.3 is 4.90 Å². The van der Waals surface area contributed by atoms with Gasteiger partial charge in [-0.05, 0) is 23.8 Å². The summed E-state index contributed by atoms with van der Waals surface area (Å²) < 4.78 is 1.70. The molecular weight excluding hydrogens is 240 g/mol. The monoisotopic (exact) mass is 252 g/mol. The van der Waals surface area contributed by atoms with Crippen LogP contribution in [0.15, 0.2) is 36.8 Å². The minimum atomic E-state index is 0.767. The Bertz CT molecular complexity index is 735. The topological polar surface area (TPSA) is 59.2 Å². The number of rotatable bonds is 1. The van der Waals surface area contributed by atoms with Gasteiger partial charge in [-0.3, -0.25) is 4.98 Å². The molecule has 1 aliphatic rings. The van der Waals surface area contributed by atoms with Crippen LogP contribution in [0.25, 0.3) is 5.65 Å². The third-order valence-electron chi connectivity index (χ3n) is 3.44. The second kappa shape index (κ2) is 4.01. The number of hydrogen-bond donors (Lipinski definition) is 0. The van der Waals surface area contributed by atoms with Crippen LogP contribution < -0.4 is 4.90 Å². The molecule has 0 aliphatic carbocycles. The number of aromatic nitrogens is 5. The van der Waals surface area contributed by atoms with Gasteiger partial charge in [-0.15, -0.1) is 15.3 Å². The highest BCUT2D eigenvalue weighted by Gasteiger charge is 2.18. The lowest BCUT2D eigenvalue weighted by Crippen LogP contribution is -2.31. The van der Waals surface area contributed by atoms with Crippen molar-refractivity contribution in [1.82, 2.24) is 24.8 Å². The van der Waals surface area contributed by atoms with E-state index in [1.807, 2.05) is 24.4 Å². The van der Waals surface area contributed by atoms with E-state index >= 15 is 0 Å². The summed E-state index contributed by atoms with van der Waals surface area (Å²) in [6, 6.07) is 8.05. The second-order valence-corrected chi connectivity index (χ2v) is 4.61. The number of pyridine rings is 1. The first-order chi connectivity index (χ1) is 9.40. The molecule has 1 aliphatic heterocycles. The van der Waals surface area contributed by atoms with Crippen molar-refractivity contribution in [3.8, 4) is 0 Å². The summed E-state index contributed by atoms with van der Waals surface area (Å²) in [6.07, 6.45) is 4.44. The number of anilines is 1. The average molecular weight is 252 g/mol. The second-order valence-electron chi connectivity index (χ2n) is 4.61. The summed E-state index contributed by atoms with van der Waals surface area (Å²) in [6.45, 7) is 1.79. The summed E-state index contributed by atoms with van der Waals surface area (Å²) in [5, 5.41) is 12.3. The lowest BCUT2D eigenvalue weighted by atomic mass is 10.1. The molecule has 6 nitrogen and oxygen atoms in total. The van der Waals surface area contributed by atoms with Crippen LogP contribution in [-0.2, 0) is 13.0 Å². The van der Waals surface area contributed by atoms with Crippen molar-refractivity contribution < 1.29 is 0 Å². The molecule has 0 saturated carbocycles. The van der Waals surface area contributed by atoms with Gasteiger partial charge in [-0.2, -0.15) is 4.52 Å². The number of hydrogen-bond acceptors (Lipinski definition) is 5. The molecule has 0 fully saturated rings. The molecule has 0 unspecified atom stereocenters. The molecule has 3 aromatic rings. The largest absolute Gasteiger partial charge is 0.350 e. The van der Waals surface area contributed by atoms with Crippen molar-refractivity contribution in [3.63, 3.8) is 0 Å². The molecule has 0 N–H and O–H groups in total. The van der Waals surface area contributed by atoms with E-state index in [0.29, 0.717) is 0 Å². The van der Waals surface area contributed by atoms with Gasteiger partial charge in [0.1, 0.15) is 12.1 Å². The standard InChI is InChI=1S/C13H12N6/c1-2-10-8-18(7-5-11(10)14-6-1)13-4-3-12-16-15-9-19(12)17-13/h1-4,6,9H,5,7-8H2. The Morgan fingerprint density at radius 2 is 2.16 bits per heavy atom. The molecule has 19 heavy (non-hydrogen) atoms. The molecule has 0 atom stereocenters. The van der Waals surface area contributed by atoms with Gasteiger partial charge in [-0.25, -0.2) is 0 Å². The fourth-order valence-electron chi connectivity index (χ4n) is 2.45. The van der Waals surface area contributed by atoms with Crippen molar-refractivity contribution in [2.24, 2.45) is 0 Å². The van der Waals surface area contributed by atoms with Gasteiger partial charge in [0.2, 0.25) is 0 Å². The van der Waals surface area contributed by atoms with E-state index in [9.17, 15) is 0 Å². The first kappa shape index (κ1) is 10.4. The first-order valence-corrected chi connectivity index (χ1v) is 6.25.